The molecule has 1 rings (SSSR count). The maximum atomic E-state index is 11.4. The number of likely N-dealkylation sites (tertiary alicyclic amines) is 1. The molecule has 82 valence electrons. The summed E-state index contributed by atoms with van der Waals surface area (Å²) >= 11 is 1.74. The molecule has 1 fully saturated rings. The minimum absolute atomic E-state index is 0.0615. The SMILES string of the molecule is COCC1CN(C(=O)NCCSC)C1. The van der Waals surface area contributed by atoms with Crippen LogP contribution < -0.4 is 5.32 Å². The molecule has 0 unspecified atom stereocenters. The molecular weight excluding hydrogens is 200 g/mol. The summed E-state index contributed by atoms with van der Waals surface area (Å²) in [7, 11) is 1.70. The van der Waals surface area contributed by atoms with Crippen molar-refractivity contribution in [3.63, 3.8) is 0 Å². The Morgan fingerprint density at radius 2 is 2.36 bits per heavy atom. The minimum atomic E-state index is 0.0615. The third-order valence-corrected chi connectivity index (χ3v) is 2.84. The number of ether oxygens (including phenoxy) is 1. The van der Waals surface area contributed by atoms with E-state index >= 15 is 0 Å². The summed E-state index contributed by atoms with van der Waals surface area (Å²) in [6.45, 7) is 3.18. The molecule has 4 nitrogen and oxygen atoms in total. The lowest BCUT2D eigenvalue weighted by molar-refractivity contribution is 0.0557. The molecule has 5 heteroatoms. The van der Waals surface area contributed by atoms with Crippen LogP contribution in [0, 0.1) is 5.92 Å². The van der Waals surface area contributed by atoms with Gasteiger partial charge in [0, 0.05) is 38.4 Å². The number of amides is 2. The highest BCUT2D eigenvalue weighted by Gasteiger charge is 2.29. The Morgan fingerprint density at radius 1 is 1.64 bits per heavy atom. The van der Waals surface area contributed by atoms with Crippen molar-refractivity contribution in [3.8, 4) is 0 Å². The molecule has 0 saturated carbocycles. The number of urea groups is 1. The lowest BCUT2D eigenvalue weighted by Gasteiger charge is -2.38. The Morgan fingerprint density at radius 3 is 2.93 bits per heavy atom. The molecule has 1 N–H and O–H groups in total. The van der Waals surface area contributed by atoms with E-state index < -0.39 is 0 Å². The van der Waals surface area contributed by atoms with Gasteiger partial charge in [0.1, 0.15) is 0 Å². The number of hydrogen-bond acceptors (Lipinski definition) is 3. The van der Waals surface area contributed by atoms with E-state index in [1.165, 1.54) is 0 Å². The Balaban J connectivity index is 2.04. The Kier molecular flexibility index (Phi) is 5.11. The first-order valence-electron chi connectivity index (χ1n) is 4.78. The fourth-order valence-corrected chi connectivity index (χ4v) is 1.75. The van der Waals surface area contributed by atoms with Gasteiger partial charge in [-0.1, -0.05) is 0 Å². The molecule has 0 aromatic heterocycles. The molecule has 1 heterocycles. The van der Waals surface area contributed by atoms with Crippen LogP contribution in [0.25, 0.3) is 0 Å². The molecule has 0 spiro atoms. The van der Waals surface area contributed by atoms with Crippen LogP contribution in [0.1, 0.15) is 0 Å². The smallest absolute Gasteiger partial charge is 0.317 e. The van der Waals surface area contributed by atoms with Crippen LogP contribution in [-0.4, -0.2) is 56.3 Å². The zero-order chi connectivity index (χ0) is 10.4. The second kappa shape index (κ2) is 6.14. The number of thioether (sulfide) groups is 1. The van der Waals surface area contributed by atoms with Crippen molar-refractivity contribution in [1.82, 2.24) is 10.2 Å². The van der Waals surface area contributed by atoms with Crippen molar-refractivity contribution in [2.75, 3.05) is 45.4 Å². The van der Waals surface area contributed by atoms with Gasteiger partial charge in [0.05, 0.1) is 6.61 Å². The summed E-state index contributed by atoms with van der Waals surface area (Å²) in [6.07, 6.45) is 2.03. The number of carbonyl (C=O) groups excluding carboxylic acids is 1. The molecule has 1 aliphatic rings. The molecule has 0 aromatic carbocycles. The van der Waals surface area contributed by atoms with Crippen LogP contribution in [0.5, 0.6) is 0 Å². The van der Waals surface area contributed by atoms with Gasteiger partial charge >= 0.3 is 6.03 Å². The second-order valence-corrected chi connectivity index (χ2v) is 4.44. The standard InChI is InChI=1S/C9H18N2O2S/c1-13-7-8-5-11(6-8)9(12)10-3-4-14-2/h8H,3-7H2,1-2H3,(H,10,12). The van der Waals surface area contributed by atoms with E-state index in [-0.39, 0.29) is 6.03 Å². The lowest BCUT2D eigenvalue weighted by Crippen LogP contribution is -2.55. The maximum absolute atomic E-state index is 11.4. The zero-order valence-corrected chi connectivity index (χ0v) is 9.60. The third-order valence-electron chi connectivity index (χ3n) is 2.23. The summed E-state index contributed by atoms with van der Waals surface area (Å²) in [5.41, 5.74) is 0. The van der Waals surface area contributed by atoms with Gasteiger partial charge in [-0.25, -0.2) is 4.79 Å². The molecule has 2 amide bonds. The molecule has 14 heavy (non-hydrogen) atoms. The second-order valence-electron chi connectivity index (χ2n) is 3.45. The van der Waals surface area contributed by atoms with Crippen molar-refractivity contribution < 1.29 is 9.53 Å². The van der Waals surface area contributed by atoms with Crippen molar-refractivity contribution in [2.45, 2.75) is 0 Å². The Bertz CT molecular complexity index is 184. The highest BCUT2D eigenvalue weighted by molar-refractivity contribution is 7.98. The predicted octanol–water partition coefficient (Wildman–Crippen LogP) is 0.637. The molecular formula is C9H18N2O2S. The van der Waals surface area contributed by atoms with E-state index in [9.17, 15) is 4.79 Å². The monoisotopic (exact) mass is 218 g/mol. The van der Waals surface area contributed by atoms with E-state index in [2.05, 4.69) is 5.32 Å². The highest BCUT2D eigenvalue weighted by atomic mass is 32.2. The molecule has 0 radical (unpaired) electrons. The van der Waals surface area contributed by atoms with Gasteiger partial charge in [-0.2, -0.15) is 11.8 Å². The van der Waals surface area contributed by atoms with E-state index in [1.54, 1.807) is 18.9 Å². The van der Waals surface area contributed by atoms with Crippen molar-refractivity contribution in [3.05, 3.63) is 0 Å². The fourth-order valence-electron chi connectivity index (χ4n) is 1.45. The molecule has 0 aromatic rings. The van der Waals surface area contributed by atoms with Gasteiger partial charge in [-0.3, -0.25) is 0 Å². The number of nitrogens with one attached hydrogen (secondary N) is 1. The van der Waals surface area contributed by atoms with Crippen molar-refractivity contribution in [1.29, 1.82) is 0 Å². The zero-order valence-electron chi connectivity index (χ0n) is 8.78. The Hall–Kier alpha value is -0.420. The molecule has 0 atom stereocenters. The van der Waals surface area contributed by atoms with Gasteiger partial charge in [0.25, 0.3) is 0 Å². The number of hydrogen-bond donors (Lipinski definition) is 1. The van der Waals surface area contributed by atoms with E-state index in [0.29, 0.717) is 5.92 Å². The van der Waals surface area contributed by atoms with E-state index in [1.807, 2.05) is 11.2 Å². The Labute approximate surface area is 89.4 Å². The van der Waals surface area contributed by atoms with Gasteiger partial charge in [-0.05, 0) is 6.26 Å². The minimum Gasteiger partial charge on any atom is -0.384 e. The van der Waals surface area contributed by atoms with Crippen LogP contribution in [0.3, 0.4) is 0 Å². The predicted molar refractivity (Wildman–Crippen MR) is 58.7 cm³/mol. The summed E-state index contributed by atoms with van der Waals surface area (Å²) in [5, 5.41) is 2.87. The van der Waals surface area contributed by atoms with Crippen LogP contribution in [0.15, 0.2) is 0 Å². The summed E-state index contributed by atoms with van der Waals surface area (Å²) in [5.74, 6) is 1.51. The number of rotatable bonds is 5. The lowest BCUT2D eigenvalue weighted by atomic mass is 10.0. The summed E-state index contributed by atoms with van der Waals surface area (Å²) < 4.78 is 5.01. The fraction of sp³-hybridized carbons (Fsp3) is 0.889. The van der Waals surface area contributed by atoms with Gasteiger partial charge in [-0.15, -0.1) is 0 Å². The summed E-state index contributed by atoms with van der Waals surface area (Å²) in [6, 6.07) is 0.0615. The average Bonchev–Trinajstić information content (AvgIpc) is 2.10. The number of carbonyl (C=O) groups is 1. The summed E-state index contributed by atoms with van der Waals surface area (Å²) in [4.78, 5) is 13.2. The molecule has 0 aliphatic carbocycles. The van der Waals surface area contributed by atoms with Gasteiger partial charge in [0.2, 0.25) is 0 Å². The first kappa shape index (κ1) is 11.7. The van der Waals surface area contributed by atoms with E-state index in [0.717, 1.165) is 32.0 Å². The molecule has 0 bridgehead atoms. The third kappa shape index (κ3) is 3.38. The number of nitrogens with zero attached hydrogens (tertiary/aromatic N) is 1. The highest BCUT2D eigenvalue weighted by Crippen LogP contribution is 2.15. The first-order valence-corrected chi connectivity index (χ1v) is 6.18. The first-order chi connectivity index (χ1) is 6.77. The molecule has 1 saturated heterocycles. The van der Waals surface area contributed by atoms with Crippen molar-refractivity contribution in [2.24, 2.45) is 5.92 Å². The average molecular weight is 218 g/mol. The van der Waals surface area contributed by atoms with Gasteiger partial charge < -0.3 is 15.0 Å². The van der Waals surface area contributed by atoms with Crippen LogP contribution in [0.2, 0.25) is 0 Å². The van der Waals surface area contributed by atoms with Gasteiger partial charge in [0.15, 0.2) is 0 Å². The quantitative estimate of drug-likeness (QED) is 0.688. The van der Waals surface area contributed by atoms with Crippen LogP contribution in [-0.2, 0) is 4.74 Å². The topological polar surface area (TPSA) is 41.6 Å². The van der Waals surface area contributed by atoms with Crippen LogP contribution >= 0.6 is 11.8 Å². The normalized spacial score (nSPS) is 16.6. The van der Waals surface area contributed by atoms with Crippen molar-refractivity contribution >= 4 is 17.8 Å². The maximum Gasteiger partial charge on any atom is 0.317 e. The van der Waals surface area contributed by atoms with Crippen LogP contribution in [0.4, 0.5) is 4.79 Å². The molecule has 1 aliphatic heterocycles. The number of methoxy groups -OCH3 is 1. The largest absolute Gasteiger partial charge is 0.384 e. The van der Waals surface area contributed by atoms with E-state index in [4.69, 9.17) is 4.74 Å².